The lowest BCUT2D eigenvalue weighted by Gasteiger charge is -2.34. The molecule has 1 aromatic carbocycles. The van der Waals surface area contributed by atoms with E-state index < -0.39 is 0 Å². The zero-order chi connectivity index (χ0) is 15.2. The number of halogens is 1. The van der Waals surface area contributed by atoms with E-state index in [1.807, 2.05) is 13.1 Å². The third-order valence-electron chi connectivity index (χ3n) is 4.11. The molecule has 0 saturated carbocycles. The SMILES string of the molecule is CCC(CC)(CO)CN(C)Cc1ccc(OC)c(F)c1. The van der Waals surface area contributed by atoms with Gasteiger partial charge in [-0.15, -0.1) is 0 Å². The Morgan fingerprint density at radius 3 is 2.40 bits per heavy atom. The molecule has 1 rings (SSSR count). The van der Waals surface area contributed by atoms with Crippen LogP contribution in [0.2, 0.25) is 0 Å². The van der Waals surface area contributed by atoms with Gasteiger partial charge in [0, 0.05) is 25.1 Å². The lowest BCUT2D eigenvalue weighted by Crippen LogP contribution is -2.37. The molecule has 114 valence electrons. The molecule has 1 N–H and O–H groups in total. The predicted octanol–water partition coefficient (Wildman–Crippen LogP) is 3.06. The van der Waals surface area contributed by atoms with E-state index in [2.05, 4.69) is 18.7 Å². The summed E-state index contributed by atoms with van der Waals surface area (Å²) in [5, 5.41) is 9.60. The van der Waals surface area contributed by atoms with E-state index in [4.69, 9.17) is 4.74 Å². The van der Waals surface area contributed by atoms with Crippen LogP contribution >= 0.6 is 0 Å². The maximum Gasteiger partial charge on any atom is 0.165 e. The van der Waals surface area contributed by atoms with Gasteiger partial charge in [-0.2, -0.15) is 0 Å². The highest BCUT2D eigenvalue weighted by atomic mass is 19.1. The first-order valence-corrected chi connectivity index (χ1v) is 7.12. The predicted molar refractivity (Wildman–Crippen MR) is 79.4 cm³/mol. The van der Waals surface area contributed by atoms with Crippen LogP contribution in [-0.2, 0) is 6.54 Å². The molecule has 0 heterocycles. The molecule has 0 aliphatic carbocycles. The van der Waals surface area contributed by atoms with Crippen LogP contribution in [0.25, 0.3) is 0 Å². The van der Waals surface area contributed by atoms with Gasteiger partial charge in [-0.25, -0.2) is 4.39 Å². The number of rotatable bonds is 8. The molecule has 0 bridgehead atoms. The van der Waals surface area contributed by atoms with E-state index in [0.717, 1.165) is 24.9 Å². The van der Waals surface area contributed by atoms with Gasteiger partial charge >= 0.3 is 0 Å². The Morgan fingerprint density at radius 2 is 1.95 bits per heavy atom. The molecule has 3 nitrogen and oxygen atoms in total. The second-order valence-corrected chi connectivity index (χ2v) is 5.51. The molecule has 0 atom stereocenters. The topological polar surface area (TPSA) is 32.7 Å². The normalized spacial score (nSPS) is 11.9. The van der Waals surface area contributed by atoms with Gasteiger partial charge in [-0.1, -0.05) is 19.9 Å². The fourth-order valence-corrected chi connectivity index (χ4v) is 2.50. The van der Waals surface area contributed by atoms with E-state index in [9.17, 15) is 9.50 Å². The standard InChI is InChI=1S/C16H26FNO2/c1-5-16(6-2,12-19)11-18(3)10-13-7-8-15(20-4)14(17)9-13/h7-9,19H,5-6,10-12H2,1-4H3. The van der Waals surface area contributed by atoms with E-state index in [1.54, 1.807) is 6.07 Å². The van der Waals surface area contributed by atoms with Gasteiger partial charge in [-0.3, -0.25) is 0 Å². The summed E-state index contributed by atoms with van der Waals surface area (Å²) in [6.45, 7) is 5.83. The lowest BCUT2D eigenvalue weighted by molar-refractivity contribution is 0.0730. The maximum absolute atomic E-state index is 13.7. The average Bonchev–Trinajstić information content (AvgIpc) is 2.45. The van der Waals surface area contributed by atoms with Crippen molar-refractivity contribution in [2.75, 3.05) is 27.3 Å². The summed E-state index contributed by atoms with van der Waals surface area (Å²) in [6.07, 6.45) is 1.86. The number of aliphatic hydroxyl groups excluding tert-OH is 1. The molecule has 0 radical (unpaired) electrons. The van der Waals surface area contributed by atoms with Crippen molar-refractivity contribution in [3.05, 3.63) is 29.6 Å². The molecule has 0 aromatic heterocycles. The van der Waals surface area contributed by atoms with Gasteiger partial charge in [-0.05, 0) is 37.6 Å². The Bertz CT molecular complexity index is 411. The molecule has 1 aromatic rings. The Hall–Kier alpha value is -1.13. The summed E-state index contributed by atoms with van der Waals surface area (Å²) in [5.74, 6) is -0.0685. The van der Waals surface area contributed by atoms with Crippen LogP contribution in [0.15, 0.2) is 18.2 Å². The van der Waals surface area contributed by atoms with Gasteiger partial charge < -0.3 is 14.7 Å². The summed E-state index contributed by atoms with van der Waals surface area (Å²) in [7, 11) is 3.46. The van der Waals surface area contributed by atoms with Crippen molar-refractivity contribution in [2.45, 2.75) is 33.2 Å². The Morgan fingerprint density at radius 1 is 1.30 bits per heavy atom. The van der Waals surface area contributed by atoms with E-state index in [0.29, 0.717) is 6.54 Å². The van der Waals surface area contributed by atoms with E-state index in [-0.39, 0.29) is 23.6 Å². The lowest BCUT2D eigenvalue weighted by atomic mass is 9.82. The molecule has 0 saturated heterocycles. The third-order valence-corrected chi connectivity index (χ3v) is 4.11. The highest BCUT2D eigenvalue weighted by Gasteiger charge is 2.26. The van der Waals surface area contributed by atoms with Gasteiger partial charge in [0.25, 0.3) is 0 Å². The number of hydrogen-bond acceptors (Lipinski definition) is 3. The van der Waals surface area contributed by atoms with Crippen LogP contribution in [0.4, 0.5) is 4.39 Å². The Kier molecular flexibility index (Phi) is 6.43. The van der Waals surface area contributed by atoms with Crippen LogP contribution in [0.1, 0.15) is 32.3 Å². The molecular weight excluding hydrogens is 257 g/mol. The first-order valence-electron chi connectivity index (χ1n) is 7.12. The van der Waals surface area contributed by atoms with Gasteiger partial charge in [0.1, 0.15) is 0 Å². The van der Waals surface area contributed by atoms with Crippen LogP contribution in [0.3, 0.4) is 0 Å². The van der Waals surface area contributed by atoms with Crippen molar-refractivity contribution in [3.63, 3.8) is 0 Å². The highest BCUT2D eigenvalue weighted by Crippen LogP contribution is 2.27. The minimum Gasteiger partial charge on any atom is -0.494 e. The maximum atomic E-state index is 13.7. The molecule has 0 unspecified atom stereocenters. The van der Waals surface area contributed by atoms with Crippen molar-refractivity contribution in [3.8, 4) is 5.75 Å². The third kappa shape index (κ3) is 4.18. The number of nitrogens with zero attached hydrogens (tertiary/aromatic N) is 1. The van der Waals surface area contributed by atoms with Gasteiger partial charge in [0.15, 0.2) is 11.6 Å². The summed E-state index contributed by atoms with van der Waals surface area (Å²) in [6, 6.07) is 5.03. The molecule has 0 spiro atoms. The number of ether oxygens (including phenoxy) is 1. The molecule has 4 heteroatoms. The number of benzene rings is 1. The largest absolute Gasteiger partial charge is 0.494 e. The van der Waals surface area contributed by atoms with Crippen molar-refractivity contribution in [1.82, 2.24) is 4.90 Å². The van der Waals surface area contributed by atoms with Crippen LogP contribution in [0.5, 0.6) is 5.75 Å². The zero-order valence-corrected chi connectivity index (χ0v) is 12.9. The second kappa shape index (κ2) is 7.60. The van der Waals surface area contributed by atoms with Crippen molar-refractivity contribution in [2.24, 2.45) is 5.41 Å². The second-order valence-electron chi connectivity index (χ2n) is 5.51. The fraction of sp³-hybridized carbons (Fsp3) is 0.625. The molecule has 0 amide bonds. The van der Waals surface area contributed by atoms with Gasteiger partial charge in [0.05, 0.1) is 7.11 Å². The van der Waals surface area contributed by atoms with Crippen LogP contribution < -0.4 is 4.74 Å². The summed E-state index contributed by atoms with van der Waals surface area (Å²) in [4.78, 5) is 2.13. The average molecular weight is 283 g/mol. The van der Waals surface area contributed by atoms with Crippen molar-refractivity contribution < 1.29 is 14.2 Å². The number of hydrogen-bond donors (Lipinski definition) is 1. The monoisotopic (exact) mass is 283 g/mol. The highest BCUT2D eigenvalue weighted by molar-refractivity contribution is 5.29. The summed E-state index contributed by atoms with van der Waals surface area (Å²) < 4.78 is 18.6. The molecular formula is C16H26FNO2. The molecule has 0 fully saturated rings. The van der Waals surface area contributed by atoms with Crippen molar-refractivity contribution >= 4 is 0 Å². The molecule has 0 aliphatic rings. The van der Waals surface area contributed by atoms with Crippen LogP contribution in [0, 0.1) is 11.2 Å². The molecule has 20 heavy (non-hydrogen) atoms. The van der Waals surface area contributed by atoms with Crippen LogP contribution in [-0.4, -0.2) is 37.3 Å². The first-order chi connectivity index (χ1) is 9.50. The number of aliphatic hydroxyl groups is 1. The first kappa shape index (κ1) is 16.9. The smallest absolute Gasteiger partial charge is 0.165 e. The Labute approximate surface area is 121 Å². The van der Waals surface area contributed by atoms with E-state index in [1.165, 1.54) is 13.2 Å². The van der Waals surface area contributed by atoms with Gasteiger partial charge in [0.2, 0.25) is 0 Å². The fourth-order valence-electron chi connectivity index (χ4n) is 2.50. The Balaban J connectivity index is 2.70. The minimum atomic E-state index is -0.335. The zero-order valence-electron chi connectivity index (χ0n) is 12.9. The summed E-state index contributed by atoms with van der Waals surface area (Å²) >= 11 is 0. The quantitative estimate of drug-likeness (QED) is 0.796. The number of methoxy groups -OCH3 is 1. The molecule has 0 aliphatic heterocycles. The van der Waals surface area contributed by atoms with Crippen molar-refractivity contribution in [1.29, 1.82) is 0 Å². The summed E-state index contributed by atoms with van der Waals surface area (Å²) in [5.41, 5.74) is 0.838. The van der Waals surface area contributed by atoms with E-state index >= 15 is 0 Å². The minimum absolute atomic E-state index is 0.0697.